The molecular weight excluding hydrogens is 254 g/mol. The van der Waals surface area contributed by atoms with Crippen LogP contribution in [0.1, 0.15) is 48.6 Å². The van der Waals surface area contributed by atoms with Crippen LogP contribution in [0.4, 0.5) is 0 Å². The van der Waals surface area contributed by atoms with Gasteiger partial charge in [0.25, 0.3) is 5.91 Å². The van der Waals surface area contributed by atoms with E-state index in [1.54, 1.807) is 0 Å². The maximum absolute atomic E-state index is 12.5. The third kappa shape index (κ3) is 2.02. The fraction of sp³-hybridized carbons (Fsp3) is 0.786. The van der Waals surface area contributed by atoms with E-state index in [2.05, 4.69) is 15.6 Å². The van der Waals surface area contributed by atoms with E-state index in [1.165, 1.54) is 19.3 Å². The van der Waals surface area contributed by atoms with Crippen molar-refractivity contribution in [2.45, 2.75) is 44.2 Å². The number of fused-ring (bicyclic) bond motifs is 2. The highest BCUT2D eigenvalue weighted by atomic mass is 16.2. The first-order valence-electron chi connectivity index (χ1n) is 7.75. The average Bonchev–Trinajstić information content (AvgIpc) is 3.23. The summed E-state index contributed by atoms with van der Waals surface area (Å²) < 4.78 is 1.89. The molecule has 2 unspecified atom stereocenters. The smallest absolute Gasteiger partial charge is 0.276 e. The molecule has 4 rings (SSSR count). The number of piperidine rings is 2. The first-order valence-corrected chi connectivity index (χ1v) is 7.75. The van der Waals surface area contributed by atoms with E-state index in [1.807, 2.05) is 15.8 Å². The number of nitrogens with one attached hydrogen (secondary N) is 1. The van der Waals surface area contributed by atoms with Gasteiger partial charge in [-0.1, -0.05) is 5.21 Å². The molecule has 6 nitrogen and oxygen atoms in total. The van der Waals surface area contributed by atoms with E-state index in [0.717, 1.165) is 38.4 Å². The molecule has 6 heteroatoms. The van der Waals surface area contributed by atoms with Crippen LogP contribution in [-0.2, 0) is 0 Å². The Bertz CT molecular complexity index is 507. The molecule has 20 heavy (non-hydrogen) atoms. The van der Waals surface area contributed by atoms with Gasteiger partial charge in [-0.2, -0.15) is 0 Å². The zero-order valence-electron chi connectivity index (χ0n) is 11.7. The molecule has 3 aliphatic rings. The Morgan fingerprint density at radius 2 is 2.05 bits per heavy atom. The summed E-state index contributed by atoms with van der Waals surface area (Å²) in [5, 5.41) is 11.6. The van der Waals surface area contributed by atoms with Crippen molar-refractivity contribution in [3.8, 4) is 0 Å². The van der Waals surface area contributed by atoms with Gasteiger partial charge in [0.05, 0.1) is 12.2 Å². The SMILES string of the molecule is O=C(c1cn(C2CCNCC2)nn1)N1CC2CCC1C2. The molecule has 1 amide bonds. The highest BCUT2D eigenvalue weighted by Gasteiger charge is 2.41. The summed E-state index contributed by atoms with van der Waals surface area (Å²) in [6.45, 7) is 2.96. The summed E-state index contributed by atoms with van der Waals surface area (Å²) in [6, 6.07) is 0.844. The van der Waals surface area contributed by atoms with Crippen molar-refractivity contribution in [2.24, 2.45) is 5.92 Å². The average molecular weight is 275 g/mol. The van der Waals surface area contributed by atoms with Gasteiger partial charge in [-0.3, -0.25) is 4.79 Å². The maximum Gasteiger partial charge on any atom is 0.276 e. The minimum absolute atomic E-state index is 0.0809. The number of carbonyl (C=O) groups is 1. The second-order valence-electron chi connectivity index (χ2n) is 6.36. The Kier molecular flexibility index (Phi) is 2.98. The molecule has 2 aliphatic heterocycles. The summed E-state index contributed by atoms with van der Waals surface area (Å²) in [5.41, 5.74) is 0.524. The monoisotopic (exact) mass is 275 g/mol. The second-order valence-corrected chi connectivity index (χ2v) is 6.36. The Balaban J connectivity index is 1.48. The van der Waals surface area contributed by atoms with Crippen LogP contribution in [-0.4, -0.2) is 51.5 Å². The first-order chi connectivity index (χ1) is 9.81. The summed E-state index contributed by atoms with van der Waals surface area (Å²) in [4.78, 5) is 14.5. The number of rotatable bonds is 2. The molecule has 0 spiro atoms. The van der Waals surface area contributed by atoms with Gasteiger partial charge in [-0.15, -0.1) is 5.10 Å². The van der Waals surface area contributed by atoms with Crippen LogP contribution in [0.5, 0.6) is 0 Å². The Hall–Kier alpha value is -1.43. The van der Waals surface area contributed by atoms with Crippen LogP contribution in [0.25, 0.3) is 0 Å². The number of aromatic nitrogens is 3. The summed E-state index contributed by atoms with van der Waals surface area (Å²) >= 11 is 0. The Morgan fingerprint density at radius 1 is 1.20 bits per heavy atom. The third-order valence-corrected chi connectivity index (χ3v) is 5.08. The molecule has 108 valence electrons. The summed E-state index contributed by atoms with van der Waals surface area (Å²) in [7, 11) is 0. The molecule has 1 aliphatic carbocycles. The molecule has 0 radical (unpaired) electrons. The van der Waals surface area contributed by atoms with Crippen molar-refractivity contribution < 1.29 is 4.79 Å². The quantitative estimate of drug-likeness (QED) is 0.868. The lowest BCUT2D eigenvalue weighted by atomic mass is 10.1. The van der Waals surface area contributed by atoms with E-state index in [0.29, 0.717) is 17.8 Å². The van der Waals surface area contributed by atoms with Gasteiger partial charge >= 0.3 is 0 Å². The van der Waals surface area contributed by atoms with Crippen molar-refractivity contribution in [3.05, 3.63) is 11.9 Å². The molecule has 2 saturated heterocycles. The number of amides is 1. The molecular formula is C14H21N5O. The number of carbonyl (C=O) groups excluding carboxylic acids is 1. The molecule has 2 atom stereocenters. The lowest BCUT2D eigenvalue weighted by molar-refractivity contribution is 0.0697. The molecule has 1 saturated carbocycles. The predicted octanol–water partition coefficient (Wildman–Crippen LogP) is 0.827. The van der Waals surface area contributed by atoms with Gasteiger partial charge in [0.2, 0.25) is 0 Å². The molecule has 1 N–H and O–H groups in total. The molecule has 3 heterocycles. The van der Waals surface area contributed by atoms with Gasteiger partial charge in [0.1, 0.15) is 0 Å². The van der Waals surface area contributed by atoms with Crippen LogP contribution in [0, 0.1) is 5.92 Å². The van der Waals surface area contributed by atoms with Crippen LogP contribution >= 0.6 is 0 Å². The highest BCUT2D eigenvalue weighted by Crippen LogP contribution is 2.37. The fourth-order valence-electron chi connectivity index (χ4n) is 3.94. The van der Waals surface area contributed by atoms with Crippen molar-refractivity contribution in [3.63, 3.8) is 0 Å². The zero-order valence-corrected chi connectivity index (χ0v) is 11.7. The topological polar surface area (TPSA) is 63.1 Å². The number of nitrogens with zero attached hydrogens (tertiary/aromatic N) is 4. The minimum atomic E-state index is 0.0809. The minimum Gasteiger partial charge on any atom is -0.334 e. The lowest BCUT2D eigenvalue weighted by Crippen LogP contribution is -2.37. The van der Waals surface area contributed by atoms with Crippen molar-refractivity contribution in [2.75, 3.05) is 19.6 Å². The van der Waals surface area contributed by atoms with Crippen LogP contribution in [0.15, 0.2) is 6.20 Å². The third-order valence-electron chi connectivity index (χ3n) is 5.08. The van der Waals surface area contributed by atoms with Gasteiger partial charge in [-0.25, -0.2) is 4.68 Å². The van der Waals surface area contributed by atoms with Crippen molar-refractivity contribution in [1.29, 1.82) is 0 Å². The largest absolute Gasteiger partial charge is 0.334 e. The van der Waals surface area contributed by atoms with Gasteiger partial charge in [0, 0.05) is 12.6 Å². The van der Waals surface area contributed by atoms with E-state index >= 15 is 0 Å². The predicted molar refractivity (Wildman–Crippen MR) is 73.3 cm³/mol. The Morgan fingerprint density at radius 3 is 2.75 bits per heavy atom. The summed E-state index contributed by atoms with van der Waals surface area (Å²) in [5.74, 6) is 0.806. The molecule has 1 aromatic rings. The van der Waals surface area contributed by atoms with Crippen molar-refractivity contribution in [1.82, 2.24) is 25.2 Å². The number of hydrogen-bond donors (Lipinski definition) is 1. The van der Waals surface area contributed by atoms with E-state index in [4.69, 9.17) is 0 Å². The van der Waals surface area contributed by atoms with Gasteiger partial charge < -0.3 is 10.2 Å². The van der Waals surface area contributed by atoms with Crippen LogP contribution in [0.2, 0.25) is 0 Å². The van der Waals surface area contributed by atoms with E-state index < -0.39 is 0 Å². The first kappa shape index (κ1) is 12.3. The number of hydrogen-bond acceptors (Lipinski definition) is 4. The Labute approximate surface area is 118 Å². The standard InChI is InChI=1S/C14H21N5O/c20-14(18-8-10-1-2-12(18)7-10)13-9-19(17-16-13)11-3-5-15-6-4-11/h9-12,15H,1-8H2. The van der Waals surface area contributed by atoms with Gasteiger partial charge in [0.15, 0.2) is 5.69 Å². The summed E-state index contributed by atoms with van der Waals surface area (Å²) in [6.07, 6.45) is 7.62. The van der Waals surface area contributed by atoms with Crippen molar-refractivity contribution >= 4 is 5.91 Å². The molecule has 1 aromatic heterocycles. The maximum atomic E-state index is 12.5. The van der Waals surface area contributed by atoms with E-state index in [-0.39, 0.29) is 5.91 Å². The van der Waals surface area contributed by atoms with Crippen LogP contribution < -0.4 is 5.32 Å². The van der Waals surface area contributed by atoms with Crippen LogP contribution in [0.3, 0.4) is 0 Å². The highest BCUT2D eigenvalue weighted by molar-refractivity contribution is 5.92. The molecule has 3 fully saturated rings. The van der Waals surface area contributed by atoms with E-state index in [9.17, 15) is 4.79 Å². The second kappa shape index (κ2) is 4.84. The number of likely N-dealkylation sites (tertiary alicyclic amines) is 1. The van der Waals surface area contributed by atoms with Gasteiger partial charge in [-0.05, 0) is 51.1 Å². The normalized spacial score (nSPS) is 30.1. The molecule has 0 aromatic carbocycles. The lowest BCUT2D eigenvalue weighted by Gasteiger charge is -2.26. The molecule has 2 bridgehead atoms. The fourth-order valence-corrected chi connectivity index (χ4v) is 3.94. The zero-order chi connectivity index (χ0) is 13.5.